The number of hydrogen-bond donors (Lipinski definition) is 3. The molecular formula is C28H39ClN8O2. The Morgan fingerprint density at radius 1 is 1.28 bits per heavy atom. The molecule has 2 amide bonds. The van der Waals surface area contributed by atoms with E-state index in [1.54, 1.807) is 4.90 Å². The Morgan fingerprint density at radius 2 is 2.00 bits per heavy atom. The first-order valence-electron chi connectivity index (χ1n) is 13.1. The first kappa shape index (κ1) is 28.6. The number of aromatic amines is 1. The zero-order valence-electron chi connectivity index (χ0n) is 23.9. The number of benzene rings is 1. The molecule has 0 bridgehead atoms. The Hall–Kier alpha value is -3.37. The van der Waals surface area contributed by atoms with E-state index in [2.05, 4.69) is 64.1 Å². The number of likely N-dealkylation sites (tertiary alicyclic amines) is 1. The number of anilines is 1. The van der Waals surface area contributed by atoms with Gasteiger partial charge in [0.1, 0.15) is 11.5 Å². The molecule has 1 aliphatic rings. The SMILES string of the molecule is C=CC(=O)N1C[C@@H](CN(C)C)[C@@H](NC(=O)c2c(C)nc(CNc3n[nH]c4cc(Cl)c(C(C)(C)C)cc34)n2C)C1. The molecule has 11 heteroatoms. The maximum atomic E-state index is 13.4. The lowest BCUT2D eigenvalue weighted by molar-refractivity contribution is -0.125. The van der Waals surface area contributed by atoms with Gasteiger partial charge in [-0.05, 0) is 50.2 Å². The fraction of sp³-hybridized carbons (Fsp3) is 0.500. The number of hydrogen-bond acceptors (Lipinski definition) is 6. The standard InChI is InChI=1S/C28H39ClN8O2/c1-9-24(38)37-14-17(13-35(6)7)22(15-37)32-27(39)25-16(2)31-23(36(25)8)12-30-26-18-10-19(28(3,4)5)20(29)11-21(18)33-34-26/h9-11,17,22H,1,12-15H2,2-8H3,(H,32,39)(H2,30,33,34)/t17-,22+/m1/s1. The van der Waals surface area contributed by atoms with Crippen molar-refractivity contribution in [1.82, 2.24) is 34.9 Å². The topological polar surface area (TPSA) is 111 Å². The van der Waals surface area contributed by atoms with Crippen LogP contribution >= 0.6 is 11.6 Å². The Bertz CT molecular complexity index is 1400. The highest BCUT2D eigenvalue weighted by Gasteiger charge is 2.36. The number of halogens is 1. The highest BCUT2D eigenvalue weighted by Crippen LogP contribution is 2.34. The van der Waals surface area contributed by atoms with Crippen molar-refractivity contribution in [2.45, 2.75) is 45.7 Å². The van der Waals surface area contributed by atoms with Gasteiger partial charge in [-0.15, -0.1) is 0 Å². The molecule has 0 aliphatic carbocycles. The van der Waals surface area contributed by atoms with Crippen LogP contribution < -0.4 is 10.6 Å². The van der Waals surface area contributed by atoms with E-state index < -0.39 is 0 Å². The number of carbonyl (C=O) groups is 2. The van der Waals surface area contributed by atoms with Crippen LogP contribution in [0.4, 0.5) is 5.82 Å². The number of carbonyl (C=O) groups excluding carboxylic acids is 2. The molecule has 0 unspecified atom stereocenters. The van der Waals surface area contributed by atoms with Crippen molar-refractivity contribution in [2.24, 2.45) is 13.0 Å². The average molecular weight is 555 g/mol. The summed E-state index contributed by atoms with van der Waals surface area (Å²) in [5.74, 6) is 1.19. The fourth-order valence-electron chi connectivity index (χ4n) is 5.31. The second kappa shape index (κ2) is 11.0. The van der Waals surface area contributed by atoms with Crippen LogP contribution in [-0.2, 0) is 23.8 Å². The summed E-state index contributed by atoms with van der Waals surface area (Å²) >= 11 is 6.52. The second-order valence-electron chi connectivity index (χ2n) is 11.6. The number of H-pyrrole nitrogens is 1. The first-order valence-corrected chi connectivity index (χ1v) is 13.5. The smallest absolute Gasteiger partial charge is 0.270 e. The Morgan fingerprint density at radius 3 is 2.64 bits per heavy atom. The minimum Gasteiger partial charge on any atom is -0.361 e. The molecule has 3 aromatic rings. The van der Waals surface area contributed by atoms with Gasteiger partial charge in [-0.25, -0.2) is 4.98 Å². The largest absolute Gasteiger partial charge is 0.361 e. The fourth-order valence-corrected chi connectivity index (χ4v) is 5.76. The van der Waals surface area contributed by atoms with Crippen LogP contribution in [0.2, 0.25) is 5.02 Å². The van der Waals surface area contributed by atoms with Gasteiger partial charge in [0.2, 0.25) is 5.91 Å². The van der Waals surface area contributed by atoms with Crippen molar-refractivity contribution in [1.29, 1.82) is 0 Å². The zero-order valence-corrected chi connectivity index (χ0v) is 24.6. The number of amides is 2. The number of aryl methyl sites for hydroxylation is 1. The number of fused-ring (bicyclic) bond motifs is 1. The third-order valence-corrected chi connectivity index (χ3v) is 7.61. The lowest BCUT2D eigenvalue weighted by Gasteiger charge is -2.22. The molecule has 2 atom stereocenters. The molecule has 0 saturated carbocycles. The molecule has 0 radical (unpaired) electrons. The Labute approximate surface area is 234 Å². The predicted molar refractivity (Wildman–Crippen MR) is 155 cm³/mol. The molecule has 0 spiro atoms. The predicted octanol–water partition coefficient (Wildman–Crippen LogP) is 3.47. The van der Waals surface area contributed by atoms with Crippen molar-refractivity contribution >= 4 is 40.1 Å². The van der Waals surface area contributed by atoms with E-state index in [0.29, 0.717) is 47.7 Å². The normalized spacial score (nSPS) is 17.7. The summed E-state index contributed by atoms with van der Waals surface area (Å²) < 4.78 is 1.81. The van der Waals surface area contributed by atoms with E-state index in [1.807, 2.05) is 38.7 Å². The number of imidazole rings is 1. The summed E-state index contributed by atoms with van der Waals surface area (Å²) in [6.07, 6.45) is 1.32. The lowest BCUT2D eigenvalue weighted by Crippen LogP contribution is -2.44. The molecule has 4 rings (SSSR count). The number of nitrogens with zero attached hydrogens (tertiary/aromatic N) is 5. The monoisotopic (exact) mass is 554 g/mol. The molecule has 39 heavy (non-hydrogen) atoms. The van der Waals surface area contributed by atoms with Gasteiger partial charge in [0.05, 0.1) is 23.8 Å². The maximum absolute atomic E-state index is 13.4. The minimum atomic E-state index is -0.204. The van der Waals surface area contributed by atoms with Crippen LogP contribution in [0.5, 0.6) is 0 Å². The lowest BCUT2D eigenvalue weighted by atomic mass is 9.86. The molecule has 3 heterocycles. The highest BCUT2D eigenvalue weighted by atomic mass is 35.5. The van der Waals surface area contributed by atoms with Crippen LogP contribution in [0.15, 0.2) is 24.8 Å². The van der Waals surface area contributed by atoms with Gasteiger partial charge in [-0.1, -0.05) is 39.0 Å². The third-order valence-electron chi connectivity index (χ3n) is 7.29. The molecule has 1 saturated heterocycles. The molecule has 1 aromatic carbocycles. The molecular weight excluding hydrogens is 516 g/mol. The van der Waals surface area contributed by atoms with Crippen LogP contribution in [0.25, 0.3) is 10.9 Å². The minimum absolute atomic E-state index is 0.111. The summed E-state index contributed by atoms with van der Waals surface area (Å²) in [6, 6.07) is 3.80. The summed E-state index contributed by atoms with van der Waals surface area (Å²) in [7, 11) is 5.82. The van der Waals surface area contributed by atoms with E-state index >= 15 is 0 Å². The van der Waals surface area contributed by atoms with Crippen LogP contribution in [0, 0.1) is 12.8 Å². The number of nitrogens with one attached hydrogen (secondary N) is 3. The maximum Gasteiger partial charge on any atom is 0.270 e. The molecule has 1 aliphatic heterocycles. The van der Waals surface area contributed by atoms with Crippen molar-refractivity contribution in [2.75, 3.05) is 39.0 Å². The first-order chi connectivity index (χ1) is 18.3. The summed E-state index contributed by atoms with van der Waals surface area (Å²) in [5.41, 5.74) is 2.92. The quantitative estimate of drug-likeness (QED) is 0.368. The molecule has 210 valence electrons. The molecule has 1 fully saturated rings. The molecule has 3 N–H and O–H groups in total. The number of rotatable bonds is 8. The molecule has 10 nitrogen and oxygen atoms in total. The number of aromatic nitrogens is 4. The van der Waals surface area contributed by atoms with E-state index in [9.17, 15) is 9.59 Å². The highest BCUT2D eigenvalue weighted by molar-refractivity contribution is 6.32. The Kier molecular flexibility index (Phi) is 8.09. The van der Waals surface area contributed by atoms with Gasteiger partial charge >= 0.3 is 0 Å². The third kappa shape index (κ3) is 5.96. The van der Waals surface area contributed by atoms with Crippen LogP contribution in [0.1, 0.15) is 48.3 Å². The average Bonchev–Trinajstić information content (AvgIpc) is 3.50. The van der Waals surface area contributed by atoms with E-state index in [1.165, 1.54) is 6.08 Å². The summed E-state index contributed by atoms with van der Waals surface area (Å²) in [4.78, 5) is 34.2. The van der Waals surface area contributed by atoms with Crippen molar-refractivity contribution in [3.05, 3.63) is 52.6 Å². The second-order valence-corrected chi connectivity index (χ2v) is 12.0. The Balaban J connectivity index is 1.51. The molecule has 2 aromatic heterocycles. The van der Waals surface area contributed by atoms with Gasteiger partial charge in [-0.2, -0.15) is 5.10 Å². The zero-order chi connectivity index (χ0) is 28.6. The van der Waals surface area contributed by atoms with Gasteiger partial charge in [0.15, 0.2) is 5.82 Å². The summed E-state index contributed by atoms with van der Waals surface area (Å²) in [6.45, 7) is 14.0. The van der Waals surface area contributed by atoms with Gasteiger partial charge in [-0.3, -0.25) is 14.7 Å². The van der Waals surface area contributed by atoms with Crippen LogP contribution in [-0.4, -0.2) is 81.1 Å². The van der Waals surface area contributed by atoms with Gasteiger partial charge in [0, 0.05) is 43.0 Å². The van der Waals surface area contributed by atoms with Gasteiger partial charge < -0.3 is 25.0 Å². The van der Waals surface area contributed by atoms with Crippen molar-refractivity contribution in [3.8, 4) is 0 Å². The summed E-state index contributed by atoms with van der Waals surface area (Å²) in [5, 5.41) is 15.7. The van der Waals surface area contributed by atoms with E-state index in [4.69, 9.17) is 11.6 Å². The van der Waals surface area contributed by atoms with Crippen LogP contribution in [0.3, 0.4) is 0 Å². The van der Waals surface area contributed by atoms with E-state index in [-0.39, 0.29) is 29.2 Å². The van der Waals surface area contributed by atoms with Crippen molar-refractivity contribution < 1.29 is 9.59 Å². The van der Waals surface area contributed by atoms with Crippen molar-refractivity contribution in [3.63, 3.8) is 0 Å². The van der Waals surface area contributed by atoms with Gasteiger partial charge in [0.25, 0.3) is 5.91 Å². The van der Waals surface area contributed by atoms with E-state index in [0.717, 1.165) is 23.0 Å².